The predicted molar refractivity (Wildman–Crippen MR) is 46.8 cm³/mol. The lowest BCUT2D eigenvalue weighted by molar-refractivity contribution is 0.0913. The minimum Gasteiger partial charge on any atom is -0.290 e. The Hall–Kier alpha value is 0.0600. The Morgan fingerprint density at radius 1 is 1.45 bits per heavy atom. The van der Waals surface area contributed by atoms with E-state index in [-0.39, 0.29) is 20.2 Å². The van der Waals surface area contributed by atoms with E-state index < -0.39 is 0 Å². The lowest BCUT2D eigenvalue weighted by Gasteiger charge is -2.27. The molecule has 0 aliphatic carbocycles. The van der Waals surface area contributed by atoms with Crippen LogP contribution in [0.3, 0.4) is 0 Å². The Morgan fingerprint density at radius 2 is 2.00 bits per heavy atom. The molecule has 0 heterocycles. The molecule has 11 heavy (non-hydrogen) atoms. The fraction of sp³-hybridized carbons (Fsp3) is 1.00. The molecule has 0 N–H and O–H groups in total. The van der Waals surface area contributed by atoms with Gasteiger partial charge in [0.1, 0.15) is 0 Å². The Kier molecular flexibility index (Phi) is 4.87. The summed E-state index contributed by atoms with van der Waals surface area (Å²) in [6.45, 7) is 8.39. The zero-order valence-corrected chi connectivity index (χ0v) is 8.65. The minimum atomic E-state index is -0.201. The summed E-state index contributed by atoms with van der Waals surface area (Å²) in [5, 5.41) is 0. The Labute approximate surface area is 70.6 Å². The van der Waals surface area contributed by atoms with Gasteiger partial charge in [-0.2, -0.15) is 0 Å². The van der Waals surface area contributed by atoms with Crippen LogP contribution in [-0.2, 0) is 9.09 Å². The average molecular weight is 176 g/mol. The summed E-state index contributed by atoms with van der Waals surface area (Å²) in [7, 11) is -0.201. The van der Waals surface area contributed by atoms with E-state index in [2.05, 4.69) is 27.7 Å². The molecule has 0 saturated heterocycles. The smallest absolute Gasteiger partial charge is 0.290 e. The summed E-state index contributed by atoms with van der Waals surface area (Å²) >= 11 is 0. The second-order valence-corrected chi connectivity index (χ2v) is 4.18. The predicted octanol–water partition coefficient (Wildman–Crippen LogP) is 3.42. The van der Waals surface area contributed by atoms with Gasteiger partial charge in [0, 0.05) is 0 Å². The van der Waals surface area contributed by atoms with Gasteiger partial charge in [-0.05, 0) is 11.8 Å². The van der Waals surface area contributed by atoms with E-state index in [4.69, 9.17) is 4.52 Å². The van der Waals surface area contributed by atoms with E-state index in [1.807, 2.05) is 0 Å². The number of rotatable bonds is 4. The van der Waals surface area contributed by atoms with Gasteiger partial charge >= 0.3 is 8.69 Å². The lowest BCUT2D eigenvalue weighted by atomic mass is 9.87. The Bertz CT molecular complexity index is 118. The lowest BCUT2D eigenvalue weighted by Crippen LogP contribution is -2.26. The van der Waals surface area contributed by atoms with Crippen molar-refractivity contribution in [2.75, 3.05) is 0 Å². The molecule has 0 aromatic heterocycles. The third-order valence-corrected chi connectivity index (χ3v) is 2.03. The molecule has 1 atom stereocenters. The highest BCUT2D eigenvalue weighted by atomic mass is 31.1. The van der Waals surface area contributed by atoms with E-state index in [1.165, 1.54) is 0 Å². The highest BCUT2D eigenvalue weighted by Crippen LogP contribution is 2.28. The number of hydrogen-bond acceptors (Lipinski definition) is 2. The average Bonchev–Trinajstić information content (AvgIpc) is 1.85. The van der Waals surface area contributed by atoms with Crippen LogP contribution < -0.4 is 0 Å². The quantitative estimate of drug-likeness (QED) is 0.613. The molecule has 1 unspecified atom stereocenters. The highest BCUT2D eigenvalue weighted by Gasteiger charge is 2.24. The SMILES string of the molecule is CCCC(OP=O)C(C)(C)C. The largest absolute Gasteiger partial charge is 0.327 e. The first-order valence-corrected chi connectivity index (χ1v) is 4.74. The van der Waals surface area contributed by atoms with Gasteiger partial charge in [-0.15, -0.1) is 0 Å². The molecular weight excluding hydrogens is 159 g/mol. The van der Waals surface area contributed by atoms with Gasteiger partial charge < -0.3 is 0 Å². The summed E-state index contributed by atoms with van der Waals surface area (Å²) in [6, 6.07) is 0. The molecule has 0 saturated carbocycles. The van der Waals surface area contributed by atoms with Crippen LogP contribution >= 0.6 is 8.69 Å². The summed E-state index contributed by atoms with van der Waals surface area (Å²) in [5.41, 5.74) is 0.0907. The molecule has 2 nitrogen and oxygen atoms in total. The molecule has 0 spiro atoms. The van der Waals surface area contributed by atoms with Crippen LogP contribution in [0.1, 0.15) is 40.5 Å². The van der Waals surface area contributed by atoms with Gasteiger partial charge in [-0.1, -0.05) is 34.1 Å². The molecule has 0 amide bonds. The van der Waals surface area contributed by atoms with E-state index in [9.17, 15) is 4.57 Å². The van der Waals surface area contributed by atoms with Crippen molar-refractivity contribution >= 4 is 8.69 Å². The van der Waals surface area contributed by atoms with Gasteiger partial charge in [-0.25, -0.2) is 4.57 Å². The molecule has 0 rings (SSSR count). The first-order valence-electron chi connectivity index (χ1n) is 4.00. The van der Waals surface area contributed by atoms with Gasteiger partial charge in [0.05, 0.1) is 6.10 Å². The molecule has 0 bridgehead atoms. The van der Waals surface area contributed by atoms with Crippen molar-refractivity contribution in [3.05, 3.63) is 0 Å². The Balaban J connectivity index is 3.97. The maximum Gasteiger partial charge on any atom is 0.327 e. The van der Waals surface area contributed by atoms with E-state index >= 15 is 0 Å². The van der Waals surface area contributed by atoms with E-state index in [0.717, 1.165) is 12.8 Å². The number of hydrogen-bond donors (Lipinski definition) is 0. The third kappa shape index (κ3) is 4.49. The normalized spacial score (nSPS) is 15.3. The zero-order valence-electron chi connectivity index (χ0n) is 7.76. The molecule has 0 fully saturated rings. The Morgan fingerprint density at radius 3 is 2.27 bits per heavy atom. The van der Waals surface area contributed by atoms with Crippen molar-refractivity contribution < 1.29 is 9.09 Å². The maximum absolute atomic E-state index is 10.2. The monoisotopic (exact) mass is 176 g/mol. The summed E-state index contributed by atoms with van der Waals surface area (Å²) in [6.07, 6.45) is 2.14. The summed E-state index contributed by atoms with van der Waals surface area (Å²) < 4.78 is 15.3. The minimum absolute atomic E-state index is 0.0907. The van der Waals surface area contributed by atoms with Crippen LogP contribution in [0.5, 0.6) is 0 Å². The molecule has 0 aromatic rings. The van der Waals surface area contributed by atoms with Crippen molar-refractivity contribution in [2.24, 2.45) is 5.41 Å². The summed E-state index contributed by atoms with van der Waals surface area (Å²) in [4.78, 5) is 0. The second kappa shape index (κ2) is 4.84. The molecule has 0 radical (unpaired) electrons. The topological polar surface area (TPSA) is 26.3 Å². The molecule has 0 aliphatic heterocycles. The van der Waals surface area contributed by atoms with Crippen LogP contribution in [-0.4, -0.2) is 6.10 Å². The van der Waals surface area contributed by atoms with Crippen LogP contribution in [0.2, 0.25) is 0 Å². The summed E-state index contributed by atoms with van der Waals surface area (Å²) in [5.74, 6) is 0. The van der Waals surface area contributed by atoms with E-state index in [0.29, 0.717) is 0 Å². The van der Waals surface area contributed by atoms with Gasteiger partial charge in [0.25, 0.3) is 0 Å². The third-order valence-electron chi connectivity index (χ3n) is 1.69. The standard InChI is InChI=1S/C8H17O2P/c1-5-6-7(10-11-9)8(2,3)4/h7H,5-6H2,1-4H3. The van der Waals surface area contributed by atoms with E-state index in [1.54, 1.807) is 0 Å². The van der Waals surface area contributed by atoms with Gasteiger partial charge in [-0.3, -0.25) is 4.52 Å². The zero-order chi connectivity index (χ0) is 8.91. The maximum atomic E-state index is 10.2. The van der Waals surface area contributed by atoms with Crippen molar-refractivity contribution in [2.45, 2.75) is 46.6 Å². The molecule has 66 valence electrons. The highest BCUT2D eigenvalue weighted by molar-refractivity contribution is 7.17. The molecule has 3 heteroatoms. The van der Waals surface area contributed by atoms with Crippen LogP contribution in [0, 0.1) is 5.41 Å². The first kappa shape index (κ1) is 11.1. The van der Waals surface area contributed by atoms with Gasteiger partial charge in [0.2, 0.25) is 0 Å². The fourth-order valence-corrected chi connectivity index (χ4v) is 1.48. The van der Waals surface area contributed by atoms with Crippen molar-refractivity contribution in [3.8, 4) is 0 Å². The fourth-order valence-electron chi connectivity index (χ4n) is 0.958. The first-order chi connectivity index (χ1) is 5.02. The molecule has 0 aromatic carbocycles. The molecular formula is C8H17O2P. The van der Waals surface area contributed by atoms with Crippen LogP contribution in [0.4, 0.5) is 0 Å². The second-order valence-electron chi connectivity index (χ2n) is 3.82. The van der Waals surface area contributed by atoms with Gasteiger partial charge in [0.15, 0.2) is 0 Å². The van der Waals surface area contributed by atoms with Crippen molar-refractivity contribution in [1.29, 1.82) is 0 Å². The van der Waals surface area contributed by atoms with Crippen LogP contribution in [0.15, 0.2) is 0 Å². The van der Waals surface area contributed by atoms with Crippen molar-refractivity contribution in [3.63, 3.8) is 0 Å². The van der Waals surface area contributed by atoms with Crippen molar-refractivity contribution in [1.82, 2.24) is 0 Å². The molecule has 0 aliphatic rings. The van der Waals surface area contributed by atoms with Crippen LogP contribution in [0.25, 0.3) is 0 Å².